The topological polar surface area (TPSA) is 87.7 Å². The summed E-state index contributed by atoms with van der Waals surface area (Å²) in [6.07, 6.45) is 2.65. The number of aromatic nitrogens is 2. The standard InChI is InChI=1S/C29H33N5O3S2/c1-21-15-29(30-16-27(21)32-25-13-14-33(18-25)22(2)24-7-5-4-6-8-24)39(35,36)34(28-19-38-20-31-28)17-23-9-11-26(37-3)12-10-23/h4-12,15-16,19-20,22,25,32H,13-14,17-18H2,1-3H3/t22?,25-/m0/s1. The quantitative estimate of drug-likeness (QED) is 0.273. The Morgan fingerprint density at radius 3 is 2.59 bits per heavy atom. The van der Waals surface area contributed by atoms with Gasteiger partial charge in [-0.2, -0.15) is 8.42 Å². The van der Waals surface area contributed by atoms with E-state index in [0.29, 0.717) is 17.6 Å². The highest BCUT2D eigenvalue weighted by molar-refractivity contribution is 7.92. The molecule has 1 saturated heterocycles. The Balaban J connectivity index is 1.31. The first-order valence-electron chi connectivity index (χ1n) is 12.9. The third-order valence-electron chi connectivity index (χ3n) is 7.21. The van der Waals surface area contributed by atoms with E-state index in [9.17, 15) is 8.42 Å². The smallest absolute Gasteiger partial charge is 0.283 e. The number of aryl methyl sites for hydroxylation is 1. The first kappa shape index (κ1) is 27.1. The number of rotatable bonds is 10. The van der Waals surface area contributed by atoms with Gasteiger partial charge < -0.3 is 10.1 Å². The number of nitrogens with zero attached hydrogens (tertiary/aromatic N) is 4. The minimum atomic E-state index is -3.96. The molecule has 1 aliphatic rings. The molecule has 0 radical (unpaired) electrons. The second-order valence-electron chi connectivity index (χ2n) is 9.76. The Kier molecular flexibility index (Phi) is 8.15. The van der Waals surface area contributed by atoms with E-state index in [1.165, 1.54) is 21.2 Å². The van der Waals surface area contributed by atoms with Crippen molar-refractivity contribution >= 4 is 32.9 Å². The zero-order chi connectivity index (χ0) is 27.4. The van der Waals surface area contributed by atoms with Crippen molar-refractivity contribution in [3.8, 4) is 5.75 Å². The molecule has 0 bridgehead atoms. The van der Waals surface area contributed by atoms with Crippen molar-refractivity contribution in [1.29, 1.82) is 0 Å². The molecule has 0 saturated carbocycles. The SMILES string of the molecule is COc1ccc(CN(c2cscn2)S(=O)(=O)c2cc(C)c(N[C@H]3CCN(C(C)c4ccccc4)C3)cn2)cc1. The van der Waals surface area contributed by atoms with E-state index in [0.717, 1.165) is 36.3 Å². The van der Waals surface area contributed by atoms with Crippen molar-refractivity contribution in [3.05, 3.63) is 94.4 Å². The van der Waals surface area contributed by atoms with Crippen molar-refractivity contribution in [2.24, 2.45) is 0 Å². The molecule has 2 aromatic carbocycles. The fourth-order valence-electron chi connectivity index (χ4n) is 4.87. The Morgan fingerprint density at radius 2 is 1.92 bits per heavy atom. The van der Waals surface area contributed by atoms with Crippen LogP contribution >= 0.6 is 11.3 Å². The van der Waals surface area contributed by atoms with E-state index in [1.807, 2.05) is 37.3 Å². The molecule has 8 nitrogen and oxygen atoms in total. The largest absolute Gasteiger partial charge is 0.497 e. The minimum Gasteiger partial charge on any atom is -0.497 e. The summed E-state index contributed by atoms with van der Waals surface area (Å²) < 4.78 is 34.1. The van der Waals surface area contributed by atoms with E-state index >= 15 is 0 Å². The van der Waals surface area contributed by atoms with Gasteiger partial charge in [-0.25, -0.2) is 14.3 Å². The van der Waals surface area contributed by atoms with Crippen molar-refractivity contribution < 1.29 is 13.2 Å². The summed E-state index contributed by atoms with van der Waals surface area (Å²) in [5.41, 5.74) is 5.44. The predicted octanol–water partition coefficient (Wildman–Crippen LogP) is 5.50. The molecule has 0 spiro atoms. The Morgan fingerprint density at radius 1 is 1.15 bits per heavy atom. The Bertz CT molecular complexity index is 1480. The van der Waals surface area contributed by atoms with Crippen LogP contribution in [0.25, 0.3) is 0 Å². The number of likely N-dealkylation sites (tertiary alicyclic amines) is 1. The van der Waals surface area contributed by atoms with Crippen molar-refractivity contribution in [2.45, 2.75) is 43.9 Å². The minimum absolute atomic E-state index is 0.00203. The van der Waals surface area contributed by atoms with Gasteiger partial charge in [0.05, 0.1) is 31.0 Å². The van der Waals surface area contributed by atoms with E-state index in [2.05, 4.69) is 51.4 Å². The highest BCUT2D eigenvalue weighted by Gasteiger charge is 2.30. The third-order valence-corrected chi connectivity index (χ3v) is 9.43. The molecule has 2 aromatic heterocycles. The fraction of sp³-hybridized carbons (Fsp3) is 0.310. The van der Waals surface area contributed by atoms with E-state index in [-0.39, 0.29) is 17.6 Å². The number of hydrogen-bond acceptors (Lipinski definition) is 8. The molecule has 1 fully saturated rings. The molecule has 0 amide bonds. The van der Waals surface area contributed by atoms with Gasteiger partial charge >= 0.3 is 0 Å². The maximum atomic E-state index is 13.8. The van der Waals surface area contributed by atoms with Crippen LogP contribution in [0, 0.1) is 6.92 Å². The average Bonchev–Trinajstić information content (AvgIpc) is 3.66. The van der Waals surface area contributed by atoms with Gasteiger partial charge in [-0.15, -0.1) is 11.3 Å². The van der Waals surface area contributed by atoms with Crippen LogP contribution in [0.1, 0.15) is 36.1 Å². The molecular weight excluding hydrogens is 530 g/mol. The normalized spacial score (nSPS) is 16.6. The van der Waals surface area contributed by atoms with Crippen LogP contribution in [0.15, 0.2) is 82.8 Å². The summed E-state index contributed by atoms with van der Waals surface area (Å²) in [7, 11) is -2.36. The third kappa shape index (κ3) is 6.08. The maximum absolute atomic E-state index is 13.8. The lowest BCUT2D eigenvalue weighted by atomic mass is 10.1. The molecule has 10 heteroatoms. The number of sulfonamides is 1. The molecule has 1 N–H and O–H groups in total. The summed E-state index contributed by atoms with van der Waals surface area (Å²) in [6, 6.07) is 20.1. The lowest BCUT2D eigenvalue weighted by Crippen LogP contribution is -2.32. The first-order chi connectivity index (χ1) is 18.8. The Labute approximate surface area is 234 Å². The number of pyridine rings is 1. The maximum Gasteiger partial charge on any atom is 0.283 e. The summed E-state index contributed by atoms with van der Waals surface area (Å²) in [5, 5.41) is 5.32. The summed E-state index contributed by atoms with van der Waals surface area (Å²) >= 11 is 1.35. The summed E-state index contributed by atoms with van der Waals surface area (Å²) in [4.78, 5) is 11.2. The van der Waals surface area contributed by atoms with Crippen LogP contribution < -0.4 is 14.4 Å². The zero-order valence-corrected chi connectivity index (χ0v) is 24.0. The second-order valence-corrected chi connectivity index (χ2v) is 12.3. The fourth-order valence-corrected chi connectivity index (χ4v) is 6.88. The second kappa shape index (κ2) is 11.7. The highest BCUT2D eigenvalue weighted by Crippen LogP contribution is 2.29. The van der Waals surface area contributed by atoms with Crippen LogP contribution in [0.5, 0.6) is 5.75 Å². The van der Waals surface area contributed by atoms with E-state index < -0.39 is 10.0 Å². The molecule has 3 heterocycles. The monoisotopic (exact) mass is 563 g/mol. The number of hydrogen-bond donors (Lipinski definition) is 1. The number of anilines is 2. The number of ether oxygens (including phenoxy) is 1. The molecule has 204 valence electrons. The van der Waals surface area contributed by atoms with Crippen LogP contribution in [-0.2, 0) is 16.6 Å². The summed E-state index contributed by atoms with van der Waals surface area (Å²) in [6.45, 7) is 6.20. The molecular formula is C29H33N5O3S2. The van der Waals surface area contributed by atoms with E-state index in [4.69, 9.17) is 4.74 Å². The Hall–Kier alpha value is -3.47. The van der Waals surface area contributed by atoms with Gasteiger partial charge in [-0.3, -0.25) is 4.90 Å². The molecule has 5 rings (SSSR count). The molecule has 0 aliphatic carbocycles. The van der Waals surface area contributed by atoms with Crippen molar-refractivity contribution in [1.82, 2.24) is 14.9 Å². The van der Waals surface area contributed by atoms with Gasteiger partial charge in [-0.05, 0) is 55.2 Å². The van der Waals surface area contributed by atoms with Crippen LogP contribution in [-0.4, -0.2) is 49.5 Å². The van der Waals surface area contributed by atoms with Crippen LogP contribution in [0.2, 0.25) is 0 Å². The molecule has 39 heavy (non-hydrogen) atoms. The molecule has 2 atom stereocenters. The van der Waals surface area contributed by atoms with Crippen molar-refractivity contribution in [2.75, 3.05) is 29.8 Å². The van der Waals surface area contributed by atoms with E-state index in [1.54, 1.807) is 30.3 Å². The van der Waals surface area contributed by atoms with Gasteiger partial charge in [0.15, 0.2) is 10.8 Å². The molecule has 4 aromatic rings. The number of nitrogens with one attached hydrogen (secondary N) is 1. The van der Waals surface area contributed by atoms with Crippen LogP contribution in [0.3, 0.4) is 0 Å². The van der Waals surface area contributed by atoms with Crippen molar-refractivity contribution in [3.63, 3.8) is 0 Å². The van der Waals surface area contributed by atoms with Gasteiger partial charge in [0, 0.05) is 30.6 Å². The van der Waals surface area contributed by atoms with Gasteiger partial charge in [0.2, 0.25) is 0 Å². The number of methoxy groups -OCH3 is 1. The average molecular weight is 564 g/mol. The first-order valence-corrected chi connectivity index (χ1v) is 15.3. The molecule has 1 aliphatic heterocycles. The van der Waals surface area contributed by atoms with Gasteiger partial charge in [0.25, 0.3) is 10.0 Å². The van der Waals surface area contributed by atoms with Crippen LogP contribution in [0.4, 0.5) is 11.5 Å². The zero-order valence-electron chi connectivity index (χ0n) is 22.3. The predicted molar refractivity (Wildman–Crippen MR) is 156 cm³/mol. The number of thiazole rings is 1. The van der Waals surface area contributed by atoms with Gasteiger partial charge in [0.1, 0.15) is 5.75 Å². The molecule has 1 unspecified atom stereocenters. The lowest BCUT2D eigenvalue weighted by molar-refractivity contribution is 0.261. The highest BCUT2D eigenvalue weighted by atomic mass is 32.2. The lowest BCUT2D eigenvalue weighted by Gasteiger charge is -2.25. The summed E-state index contributed by atoms with van der Waals surface area (Å²) in [5.74, 6) is 1.08. The van der Waals surface area contributed by atoms with Gasteiger partial charge in [-0.1, -0.05) is 42.5 Å². The number of benzene rings is 2.